The molecule has 1 fully saturated rings. The molecule has 1 aromatic carbocycles. The van der Waals surface area contributed by atoms with E-state index in [0.29, 0.717) is 0 Å². The smallest absolute Gasteiger partial charge is 0.161 e. The summed E-state index contributed by atoms with van der Waals surface area (Å²) in [4.78, 5) is 0.962. The Labute approximate surface area is 156 Å². The van der Waals surface area contributed by atoms with Crippen molar-refractivity contribution < 1.29 is 31.0 Å². The van der Waals surface area contributed by atoms with Crippen LogP contribution >= 0.6 is 0 Å². The van der Waals surface area contributed by atoms with Crippen molar-refractivity contribution in [3.05, 3.63) is 23.2 Å². The van der Waals surface area contributed by atoms with Gasteiger partial charge in [0.05, 0.1) is 23.1 Å². The van der Waals surface area contributed by atoms with E-state index in [1.54, 1.807) is 0 Å². The van der Waals surface area contributed by atoms with Crippen molar-refractivity contribution in [1.82, 2.24) is 4.90 Å². The fraction of sp³-hybridized carbons (Fsp3) is 0.684. The summed E-state index contributed by atoms with van der Waals surface area (Å²) in [6, 6.07) is -2.00. The molecule has 4 atom stereocenters. The molecule has 0 spiro atoms. The highest BCUT2D eigenvalue weighted by atomic mass is 16.5. The molecule has 0 amide bonds. The van der Waals surface area contributed by atoms with Crippen LogP contribution in [0.1, 0.15) is 60.2 Å². The summed E-state index contributed by atoms with van der Waals surface area (Å²) in [5, 5.41) is 11.0. The zero-order valence-corrected chi connectivity index (χ0v) is 13.4. The van der Waals surface area contributed by atoms with Gasteiger partial charge in [-0.15, -0.1) is 0 Å². The Hall–Kier alpha value is -1.26. The van der Waals surface area contributed by atoms with Gasteiger partial charge in [-0.3, -0.25) is 4.90 Å². The molecule has 0 aromatic heterocycles. The number of methoxy groups -OCH3 is 2. The Morgan fingerprint density at radius 1 is 1.52 bits per heavy atom. The number of benzene rings is 1. The zero-order valence-electron chi connectivity index (χ0n) is 25.4. The third-order valence-electron chi connectivity index (χ3n) is 4.13. The summed E-state index contributed by atoms with van der Waals surface area (Å²) in [7, 11) is 2.45. The Morgan fingerprint density at radius 2 is 2.26 bits per heavy atom. The van der Waals surface area contributed by atoms with E-state index in [2.05, 4.69) is 0 Å². The molecule has 2 aliphatic heterocycles. The van der Waals surface area contributed by atoms with Crippen LogP contribution in [0.3, 0.4) is 0 Å². The molecule has 4 nitrogen and oxygen atoms in total. The van der Waals surface area contributed by atoms with Gasteiger partial charge in [-0.05, 0) is 54.2 Å². The van der Waals surface area contributed by atoms with Gasteiger partial charge < -0.3 is 14.6 Å². The number of rotatable bonds is 4. The standard InChI is InChI=1S/C19H29NO3/c1-12(2)7-14-11-20-6-5-13-8-18(22-3)19(23-4)9-15(13)16(20)10-17(14)21/h8-9,12,14,16-17,21H,5-7,10-11H2,1-4H3/i1D3,5D2,6D2,7D2,8D,9D,12D. The van der Waals surface area contributed by atoms with Crippen LogP contribution in [0.2, 0.25) is 0 Å². The number of fused-ring (bicyclic) bond motifs is 3. The lowest BCUT2D eigenvalue weighted by Crippen LogP contribution is -2.48. The maximum absolute atomic E-state index is 11.0. The number of hydrogen-bond acceptors (Lipinski definition) is 4. The van der Waals surface area contributed by atoms with Crippen LogP contribution in [0, 0.1) is 11.8 Å². The molecule has 2 aliphatic rings. The van der Waals surface area contributed by atoms with Crippen molar-refractivity contribution in [2.45, 2.75) is 45.1 Å². The molecule has 1 N–H and O–H groups in total. The van der Waals surface area contributed by atoms with Crippen molar-refractivity contribution in [3.8, 4) is 11.5 Å². The van der Waals surface area contributed by atoms with E-state index in [4.69, 9.17) is 25.9 Å². The Bertz CT molecular complexity index is 1010. The molecule has 0 bridgehead atoms. The lowest BCUT2D eigenvalue weighted by Gasteiger charge is -2.46. The van der Waals surface area contributed by atoms with E-state index in [0.717, 1.165) is 11.8 Å². The summed E-state index contributed by atoms with van der Waals surface area (Å²) in [6.07, 6.45) is -7.63. The van der Waals surface area contributed by atoms with Crippen molar-refractivity contribution in [2.24, 2.45) is 11.8 Å². The van der Waals surface area contributed by atoms with E-state index >= 15 is 0 Å². The summed E-state index contributed by atoms with van der Waals surface area (Å²) < 4.78 is 110. The average molecular weight is 332 g/mol. The predicted octanol–water partition coefficient (Wildman–Crippen LogP) is 3.03. The Morgan fingerprint density at radius 3 is 2.96 bits per heavy atom. The monoisotopic (exact) mass is 331 g/mol. The summed E-state index contributed by atoms with van der Waals surface area (Å²) in [5.41, 5.74) is -0.511. The summed E-state index contributed by atoms with van der Waals surface area (Å²) in [6.45, 7) is -5.65. The van der Waals surface area contributed by atoms with Gasteiger partial charge >= 0.3 is 0 Å². The molecule has 0 saturated carbocycles. The van der Waals surface area contributed by atoms with Crippen LogP contribution in [0.4, 0.5) is 0 Å². The number of nitrogens with zero attached hydrogens (tertiary/aromatic N) is 1. The largest absolute Gasteiger partial charge is 0.493 e. The van der Waals surface area contributed by atoms with Gasteiger partial charge in [0, 0.05) is 32.8 Å². The molecular weight excluding hydrogens is 290 g/mol. The molecule has 1 aromatic rings. The van der Waals surface area contributed by atoms with Crippen LogP contribution in [0.5, 0.6) is 11.5 Å². The molecule has 4 heteroatoms. The van der Waals surface area contributed by atoms with Crippen molar-refractivity contribution in [1.29, 1.82) is 0 Å². The topological polar surface area (TPSA) is 41.9 Å². The van der Waals surface area contributed by atoms with E-state index in [1.165, 1.54) is 14.2 Å². The van der Waals surface area contributed by atoms with Gasteiger partial charge in [-0.25, -0.2) is 0 Å². The van der Waals surface area contributed by atoms with E-state index < -0.39 is 68.2 Å². The summed E-state index contributed by atoms with van der Waals surface area (Å²) in [5.74, 6) is -4.62. The van der Waals surface area contributed by atoms with Crippen molar-refractivity contribution in [2.75, 3.05) is 27.3 Å². The molecule has 23 heavy (non-hydrogen) atoms. The maximum atomic E-state index is 11.0. The highest BCUT2D eigenvalue weighted by molar-refractivity contribution is 5.49. The Balaban J connectivity index is 2.25. The highest BCUT2D eigenvalue weighted by Gasteiger charge is 2.38. The average Bonchev–Trinajstić information content (AvgIpc) is 2.71. The molecule has 0 aliphatic carbocycles. The number of ether oxygens (including phenoxy) is 2. The fourth-order valence-electron chi connectivity index (χ4n) is 3.04. The first-order valence-corrected chi connectivity index (χ1v) is 7.42. The molecule has 3 rings (SSSR count). The molecular formula is C19H29NO3. The molecule has 0 radical (unpaired) electrons. The highest BCUT2D eigenvalue weighted by Crippen LogP contribution is 2.43. The van der Waals surface area contributed by atoms with Gasteiger partial charge in [0.1, 0.15) is 0 Å². The molecule has 1 saturated heterocycles. The first kappa shape index (κ1) is 7.32. The normalized spacial score (nSPS) is 43.2. The van der Waals surface area contributed by atoms with E-state index in [-0.39, 0.29) is 29.5 Å². The van der Waals surface area contributed by atoms with Gasteiger partial charge in [0.25, 0.3) is 0 Å². The second kappa shape index (κ2) is 6.70. The number of aliphatic hydroxyl groups is 1. The van der Waals surface area contributed by atoms with Crippen LogP contribution in [-0.2, 0) is 6.37 Å². The minimum Gasteiger partial charge on any atom is -0.493 e. The first-order valence-electron chi connectivity index (χ1n) is 13.4. The van der Waals surface area contributed by atoms with Gasteiger partial charge in [-0.2, -0.15) is 0 Å². The van der Waals surface area contributed by atoms with Crippen LogP contribution < -0.4 is 9.47 Å². The first-order chi connectivity index (χ1) is 15.7. The predicted molar refractivity (Wildman–Crippen MR) is 91.1 cm³/mol. The zero-order chi connectivity index (χ0) is 27.1. The van der Waals surface area contributed by atoms with Gasteiger partial charge in [-0.1, -0.05) is 13.8 Å². The maximum Gasteiger partial charge on any atom is 0.161 e. The number of aliphatic hydroxyl groups excluding tert-OH is 1. The van der Waals surface area contributed by atoms with Crippen molar-refractivity contribution in [3.63, 3.8) is 0 Å². The second-order valence-electron chi connectivity index (χ2n) is 5.69. The second-order valence-corrected chi connectivity index (χ2v) is 5.69. The van der Waals surface area contributed by atoms with Crippen molar-refractivity contribution >= 4 is 0 Å². The van der Waals surface area contributed by atoms with Gasteiger partial charge in [0.2, 0.25) is 0 Å². The van der Waals surface area contributed by atoms with Gasteiger partial charge in [0.15, 0.2) is 11.5 Å². The lowest BCUT2D eigenvalue weighted by atomic mass is 9.79. The molecule has 2 heterocycles. The SMILES string of the molecule is [2H]c1c(OC)c(OC)c([2H])c2c1C1CC(O)C(C([2H])([2H])C([2H])(C)C([2H])([2H])[2H])CN1C([2H])([2H])C2([2H])[2H]. The van der Waals surface area contributed by atoms with Crippen LogP contribution in [0.15, 0.2) is 12.1 Å². The lowest BCUT2D eigenvalue weighted by molar-refractivity contribution is -0.0191. The molecule has 4 unspecified atom stereocenters. The van der Waals surface area contributed by atoms with Crippen LogP contribution in [0.25, 0.3) is 0 Å². The quantitative estimate of drug-likeness (QED) is 0.921. The van der Waals surface area contributed by atoms with E-state index in [1.807, 2.05) is 0 Å². The van der Waals surface area contributed by atoms with E-state index in [9.17, 15) is 5.11 Å². The third-order valence-corrected chi connectivity index (χ3v) is 4.13. The summed E-state index contributed by atoms with van der Waals surface area (Å²) >= 11 is 0. The molecule has 128 valence electrons. The minimum absolute atomic E-state index is 0.0877. The minimum atomic E-state index is -3.06. The third kappa shape index (κ3) is 3.20. The number of piperidine rings is 1. The Kier molecular flexibility index (Phi) is 2.13. The van der Waals surface area contributed by atoms with Crippen LogP contribution in [-0.4, -0.2) is 43.4 Å². The number of hydrogen-bond donors (Lipinski definition) is 1. The fourth-order valence-corrected chi connectivity index (χ4v) is 3.04.